The van der Waals surface area contributed by atoms with Gasteiger partial charge in [0.2, 0.25) is 5.91 Å². The normalized spacial score (nSPS) is 16.3. The number of aromatic nitrogens is 1. The van der Waals surface area contributed by atoms with Crippen molar-refractivity contribution >= 4 is 5.91 Å². The molecule has 0 atom stereocenters. The second kappa shape index (κ2) is 4.28. The fourth-order valence-electron chi connectivity index (χ4n) is 1.50. The molecule has 2 rings (SSSR count). The van der Waals surface area contributed by atoms with Gasteiger partial charge in [0.25, 0.3) is 0 Å². The minimum Gasteiger partial charge on any atom is -0.367 e. The first kappa shape index (κ1) is 9.27. The van der Waals surface area contributed by atoms with Gasteiger partial charge in [0.05, 0.1) is 0 Å². The van der Waals surface area contributed by atoms with Crippen LogP contribution in [-0.4, -0.2) is 24.0 Å². The molecule has 1 amide bonds. The monoisotopic (exact) mass is 193 g/mol. The molecule has 0 unspecified atom stereocenters. The lowest BCUT2D eigenvalue weighted by molar-refractivity contribution is -0.122. The number of H-pyrrole nitrogens is 1. The lowest BCUT2D eigenvalue weighted by Gasteiger charge is -2.26. The standard InChI is InChI=1S/C10H15N3O/c14-10(3-9-5-12-6-9)13-7-8-1-2-11-4-8/h1-2,4,9,11-12H,3,5-7H2,(H,13,14). The molecule has 1 aromatic rings. The molecule has 4 nitrogen and oxygen atoms in total. The maximum absolute atomic E-state index is 11.4. The van der Waals surface area contributed by atoms with E-state index >= 15 is 0 Å². The zero-order chi connectivity index (χ0) is 9.80. The van der Waals surface area contributed by atoms with Gasteiger partial charge in [-0.2, -0.15) is 0 Å². The van der Waals surface area contributed by atoms with Crippen LogP contribution in [0.2, 0.25) is 0 Å². The molecule has 0 spiro atoms. The van der Waals surface area contributed by atoms with Gasteiger partial charge in [-0.25, -0.2) is 0 Å². The average molecular weight is 193 g/mol. The highest BCUT2D eigenvalue weighted by atomic mass is 16.1. The Morgan fingerprint density at radius 2 is 2.43 bits per heavy atom. The zero-order valence-corrected chi connectivity index (χ0v) is 8.05. The number of aromatic amines is 1. The van der Waals surface area contributed by atoms with E-state index in [0.717, 1.165) is 18.7 Å². The number of nitrogens with one attached hydrogen (secondary N) is 3. The summed E-state index contributed by atoms with van der Waals surface area (Å²) in [5.74, 6) is 0.693. The Labute approximate surface area is 83.1 Å². The van der Waals surface area contributed by atoms with E-state index in [4.69, 9.17) is 0 Å². The molecule has 3 N–H and O–H groups in total. The van der Waals surface area contributed by atoms with Crippen LogP contribution < -0.4 is 10.6 Å². The van der Waals surface area contributed by atoms with E-state index in [0.29, 0.717) is 18.9 Å². The smallest absolute Gasteiger partial charge is 0.220 e. The molecule has 1 aliphatic rings. The Hall–Kier alpha value is -1.29. The highest BCUT2D eigenvalue weighted by Crippen LogP contribution is 2.07. The number of hydrogen-bond acceptors (Lipinski definition) is 2. The third-order valence-electron chi connectivity index (χ3n) is 2.49. The summed E-state index contributed by atoms with van der Waals surface area (Å²) in [5.41, 5.74) is 1.12. The summed E-state index contributed by atoms with van der Waals surface area (Å²) in [6.45, 7) is 2.59. The second-order valence-electron chi connectivity index (χ2n) is 3.72. The van der Waals surface area contributed by atoms with Crippen molar-refractivity contribution in [2.24, 2.45) is 5.92 Å². The Morgan fingerprint density at radius 3 is 3.00 bits per heavy atom. The van der Waals surface area contributed by atoms with Crippen LogP contribution in [0.4, 0.5) is 0 Å². The molecule has 0 aliphatic carbocycles. The number of hydrogen-bond donors (Lipinski definition) is 3. The topological polar surface area (TPSA) is 56.9 Å². The molecular weight excluding hydrogens is 178 g/mol. The summed E-state index contributed by atoms with van der Waals surface area (Å²) in [7, 11) is 0. The van der Waals surface area contributed by atoms with E-state index in [1.807, 2.05) is 18.5 Å². The van der Waals surface area contributed by atoms with E-state index in [1.54, 1.807) is 0 Å². The molecule has 76 valence electrons. The van der Waals surface area contributed by atoms with Crippen LogP contribution in [0.15, 0.2) is 18.5 Å². The predicted octanol–water partition coefficient (Wildman–Crippen LogP) is 0.240. The Bertz CT molecular complexity index is 290. The summed E-state index contributed by atoms with van der Waals surface area (Å²) < 4.78 is 0. The molecule has 1 fully saturated rings. The number of carbonyl (C=O) groups excluding carboxylic acids is 1. The fraction of sp³-hybridized carbons (Fsp3) is 0.500. The molecule has 0 aromatic carbocycles. The minimum absolute atomic E-state index is 0.151. The van der Waals surface area contributed by atoms with Gasteiger partial charge in [-0.3, -0.25) is 4.79 Å². The van der Waals surface area contributed by atoms with Crippen LogP contribution in [0.5, 0.6) is 0 Å². The third-order valence-corrected chi connectivity index (χ3v) is 2.49. The van der Waals surface area contributed by atoms with Crippen LogP contribution in [0.25, 0.3) is 0 Å². The molecule has 0 bridgehead atoms. The Morgan fingerprint density at radius 1 is 1.57 bits per heavy atom. The number of rotatable bonds is 4. The van der Waals surface area contributed by atoms with E-state index in [1.165, 1.54) is 0 Å². The van der Waals surface area contributed by atoms with Crippen molar-refractivity contribution in [3.63, 3.8) is 0 Å². The van der Waals surface area contributed by atoms with E-state index in [-0.39, 0.29) is 5.91 Å². The van der Waals surface area contributed by atoms with Gasteiger partial charge in [0.15, 0.2) is 0 Å². The first-order valence-electron chi connectivity index (χ1n) is 4.93. The van der Waals surface area contributed by atoms with Crippen molar-refractivity contribution in [3.8, 4) is 0 Å². The molecule has 2 heterocycles. The third kappa shape index (κ3) is 2.35. The SMILES string of the molecule is O=C(CC1CNC1)NCc1cc[nH]c1. The summed E-state index contributed by atoms with van der Waals surface area (Å²) in [4.78, 5) is 14.3. The average Bonchev–Trinajstić information content (AvgIpc) is 2.60. The van der Waals surface area contributed by atoms with Crippen molar-refractivity contribution in [3.05, 3.63) is 24.0 Å². The van der Waals surface area contributed by atoms with Crippen LogP contribution in [0, 0.1) is 5.92 Å². The molecule has 0 radical (unpaired) electrons. The van der Waals surface area contributed by atoms with Gasteiger partial charge in [-0.05, 0) is 30.6 Å². The maximum atomic E-state index is 11.4. The summed E-state index contributed by atoms with van der Waals surface area (Å²) >= 11 is 0. The fourth-order valence-corrected chi connectivity index (χ4v) is 1.50. The summed E-state index contributed by atoms with van der Waals surface area (Å²) in [6, 6.07) is 1.96. The molecular formula is C10H15N3O. The van der Waals surface area contributed by atoms with Crippen LogP contribution in [-0.2, 0) is 11.3 Å². The van der Waals surface area contributed by atoms with Gasteiger partial charge in [-0.1, -0.05) is 0 Å². The minimum atomic E-state index is 0.151. The molecule has 1 aromatic heterocycles. The number of carbonyl (C=O) groups is 1. The van der Waals surface area contributed by atoms with Gasteiger partial charge >= 0.3 is 0 Å². The van der Waals surface area contributed by atoms with E-state index in [2.05, 4.69) is 15.6 Å². The van der Waals surface area contributed by atoms with Crippen molar-refractivity contribution in [1.82, 2.24) is 15.6 Å². The first-order valence-corrected chi connectivity index (χ1v) is 4.93. The van der Waals surface area contributed by atoms with Gasteiger partial charge in [0, 0.05) is 25.4 Å². The molecule has 4 heteroatoms. The molecule has 0 saturated carbocycles. The molecule has 1 saturated heterocycles. The van der Waals surface area contributed by atoms with Crippen LogP contribution >= 0.6 is 0 Å². The van der Waals surface area contributed by atoms with Gasteiger partial charge in [0.1, 0.15) is 0 Å². The Balaban J connectivity index is 1.67. The summed E-state index contributed by atoms with van der Waals surface area (Å²) in [6.07, 6.45) is 4.40. The van der Waals surface area contributed by atoms with Gasteiger partial charge in [-0.15, -0.1) is 0 Å². The number of amides is 1. The van der Waals surface area contributed by atoms with Crippen molar-refractivity contribution in [2.45, 2.75) is 13.0 Å². The predicted molar refractivity (Wildman–Crippen MR) is 53.6 cm³/mol. The molecule has 1 aliphatic heterocycles. The quantitative estimate of drug-likeness (QED) is 0.641. The maximum Gasteiger partial charge on any atom is 0.220 e. The highest BCUT2D eigenvalue weighted by Gasteiger charge is 2.19. The van der Waals surface area contributed by atoms with E-state index in [9.17, 15) is 4.79 Å². The zero-order valence-electron chi connectivity index (χ0n) is 8.05. The van der Waals surface area contributed by atoms with Crippen LogP contribution in [0.1, 0.15) is 12.0 Å². The van der Waals surface area contributed by atoms with Gasteiger partial charge < -0.3 is 15.6 Å². The van der Waals surface area contributed by atoms with E-state index < -0.39 is 0 Å². The second-order valence-corrected chi connectivity index (χ2v) is 3.72. The summed E-state index contributed by atoms with van der Waals surface area (Å²) in [5, 5.41) is 6.05. The van der Waals surface area contributed by atoms with Crippen LogP contribution in [0.3, 0.4) is 0 Å². The molecule has 14 heavy (non-hydrogen) atoms. The lowest BCUT2D eigenvalue weighted by Crippen LogP contribution is -2.44. The Kier molecular flexibility index (Phi) is 2.84. The first-order chi connectivity index (χ1) is 6.84. The van der Waals surface area contributed by atoms with Crippen molar-refractivity contribution in [2.75, 3.05) is 13.1 Å². The largest absolute Gasteiger partial charge is 0.367 e. The van der Waals surface area contributed by atoms with Crippen molar-refractivity contribution < 1.29 is 4.79 Å². The van der Waals surface area contributed by atoms with Crippen molar-refractivity contribution in [1.29, 1.82) is 0 Å². The highest BCUT2D eigenvalue weighted by molar-refractivity contribution is 5.76. The lowest BCUT2D eigenvalue weighted by atomic mass is 9.99.